The monoisotopic (exact) mass is 333 g/mol. The Labute approximate surface area is 134 Å². The average Bonchev–Trinajstić information content (AvgIpc) is 3.30. The van der Waals surface area contributed by atoms with Crippen LogP contribution >= 0.6 is 0 Å². The number of esters is 2. The molecule has 24 heavy (non-hydrogen) atoms. The highest BCUT2D eigenvalue weighted by Gasteiger charge is 2.18. The minimum absolute atomic E-state index is 0.0159. The molecule has 10 nitrogen and oxygen atoms in total. The van der Waals surface area contributed by atoms with Crippen LogP contribution in [0, 0.1) is 0 Å². The summed E-state index contributed by atoms with van der Waals surface area (Å²) in [7, 11) is 1.24. The number of carbonyl (C=O) groups is 2. The van der Waals surface area contributed by atoms with Gasteiger partial charge in [-0.2, -0.15) is 0 Å². The maximum Gasteiger partial charge on any atom is 0.360 e. The van der Waals surface area contributed by atoms with E-state index in [1.54, 1.807) is 0 Å². The number of oxazole rings is 3. The molecule has 0 aromatic carbocycles. The standard InChI is InChI=1S/C14H11N3O7/c1-7(18)21-6-11-15-8(3-22-11)12-16-9(4-23-12)13-17-10(5-24-13)14(19)20-2/h3-5H,6H2,1-2H3. The van der Waals surface area contributed by atoms with Crippen molar-refractivity contribution in [3.63, 3.8) is 0 Å². The molecular formula is C14H11N3O7. The molecule has 0 unspecified atom stereocenters. The molecule has 0 aliphatic rings. The van der Waals surface area contributed by atoms with Crippen LogP contribution in [0.4, 0.5) is 0 Å². The van der Waals surface area contributed by atoms with Crippen LogP contribution < -0.4 is 0 Å². The van der Waals surface area contributed by atoms with Crippen molar-refractivity contribution in [1.82, 2.24) is 15.0 Å². The predicted molar refractivity (Wildman–Crippen MR) is 74.3 cm³/mol. The van der Waals surface area contributed by atoms with Gasteiger partial charge in [-0.05, 0) is 0 Å². The molecule has 0 radical (unpaired) electrons. The van der Waals surface area contributed by atoms with Gasteiger partial charge in [0, 0.05) is 6.92 Å². The lowest BCUT2D eigenvalue weighted by atomic mass is 10.4. The van der Waals surface area contributed by atoms with E-state index in [0.717, 1.165) is 6.26 Å². The summed E-state index contributed by atoms with van der Waals surface area (Å²) in [5.41, 5.74) is 0.593. The van der Waals surface area contributed by atoms with E-state index in [1.165, 1.54) is 26.6 Å². The fraction of sp³-hybridized carbons (Fsp3) is 0.214. The fourth-order valence-electron chi connectivity index (χ4n) is 1.72. The minimum Gasteiger partial charge on any atom is -0.464 e. The van der Waals surface area contributed by atoms with Gasteiger partial charge < -0.3 is 22.7 Å². The Morgan fingerprint density at radius 2 is 1.67 bits per heavy atom. The Balaban J connectivity index is 1.77. The molecule has 3 rings (SSSR count). The van der Waals surface area contributed by atoms with E-state index in [9.17, 15) is 9.59 Å². The molecule has 0 aliphatic heterocycles. The molecule has 0 bridgehead atoms. The van der Waals surface area contributed by atoms with E-state index in [0.29, 0.717) is 5.69 Å². The number of nitrogens with zero attached hydrogens (tertiary/aromatic N) is 3. The van der Waals surface area contributed by atoms with Crippen LogP contribution in [0.2, 0.25) is 0 Å². The second-order valence-corrected chi connectivity index (χ2v) is 4.47. The highest BCUT2D eigenvalue weighted by atomic mass is 16.5. The van der Waals surface area contributed by atoms with Crippen molar-refractivity contribution in [2.24, 2.45) is 0 Å². The topological polar surface area (TPSA) is 131 Å². The molecule has 0 N–H and O–H groups in total. The number of rotatable bonds is 5. The first-order valence-corrected chi connectivity index (χ1v) is 6.64. The lowest BCUT2D eigenvalue weighted by Crippen LogP contribution is -2.00. The van der Waals surface area contributed by atoms with E-state index in [1.807, 2.05) is 0 Å². The summed E-state index contributed by atoms with van der Waals surface area (Å²) in [5, 5.41) is 0. The zero-order valence-electron chi connectivity index (χ0n) is 12.6. The summed E-state index contributed by atoms with van der Waals surface area (Å²) in [6.07, 6.45) is 3.76. The van der Waals surface area contributed by atoms with Crippen molar-refractivity contribution in [3.05, 3.63) is 30.4 Å². The van der Waals surface area contributed by atoms with Crippen molar-refractivity contribution in [1.29, 1.82) is 0 Å². The van der Waals surface area contributed by atoms with Gasteiger partial charge in [-0.3, -0.25) is 4.79 Å². The molecular weight excluding hydrogens is 322 g/mol. The first-order chi connectivity index (χ1) is 11.6. The minimum atomic E-state index is -0.625. The van der Waals surface area contributed by atoms with Crippen LogP contribution in [0.5, 0.6) is 0 Å². The number of methoxy groups -OCH3 is 1. The van der Waals surface area contributed by atoms with Crippen molar-refractivity contribution < 1.29 is 32.3 Å². The summed E-state index contributed by atoms with van der Waals surface area (Å²) in [6, 6.07) is 0. The van der Waals surface area contributed by atoms with Crippen LogP contribution in [0.3, 0.4) is 0 Å². The molecule has 3 heterocycles. The van der Waals surface area contributed by atoms with Gasteiger partial charge in [-0.25, -0.2) is 19.7 Å². The molecule has 0 saturated carbocycles. The Hall–Kier alpha value is -3.43. The van der Waals surface area contributed by atoms with Gasteiger partial charge in [-0.15, -0.1) is 0 Å². The quantitative estimate of drug-likeness (QED) is 0.637. The van der Waals surface area contributed by atoms with E-state index < -0.39 is 11.9 Å². The highest BCUT2D eigenvalue weighted by Crippen LogP contribution is 2.24. The molecule has 3 aromatic rings. The predicted octanol–water partition coefficient (Wildman–Crippen LogP) is 1.83. The lowest BCUT2D eigenvalue weighted by Gasteiger charge is -1.94. The molecule has 3 aromatic heterocycles. The van der Waals surface area contributed by atoms with Gasteiger partial charge in [-0.1, -0.05) is 0 Å². The Morgan fingerprint density at radius 3 is 2.42 bits per heavy atom. The van der Waals surface area contributed by atoms with E-state index in [2.05, 4.69) is 19.7 Å². The third kappa shape index (κ3) is 3.16. The molecule has 0 atom stereocenters. The van der Waals surface area contributed by atoms with Gasteiger partial charge >= 0.3 is 11.9 Å². The number of hydrogen-bond acceptors (Lipinski definition) is 10. The molecule has 124 valence electrons. The highest BCUT2D eigenvalue weighted by molar-refractivity contribution is 5.87. The van der Waals surface area contributed by atoms with Gasteiger partial charge in [0.1, 0.15) is 18.8 Å². The maximum atomic E-state index is 11.4. The third-order valence-corrected chi connectivity index (χ3v) is 2.79. The molecule has 0 amide bonds. The fourth-order valence-corrected chi connectivity index (χ4v) is 1.72. The zero-order chi connectivity index (χ0) is 17.1. The molecule has 0 saturated heterocycles. The van der Waals surface area contributed by atoms with E-state index >= 15 is 0 Å². The molecule has 10 heteroatoms. The van der Waals surface area contributed by atoms with Gasteiger partial charge in [0.2, 0.25) is 17.7 Å². The van der Waals surface area contributed by atoms with Crippen LogP contribution in [-0.2, 0) is 20.9 Å². The summed E-state index contributed by atoms with van der Waals surface area (Å²) < 4.78 is 24.9. The molecule has 0 spiro atoms. The lowest BCUT2D eigenvalue weighted by molar-refractivity contribution is -0.142. The summed E-state index contributed by atoms with van der Waals surface area (Å²) in [4.78, 5) is 34.3. The average molecular weight is 333 g/mol. The Morgan fingerprint density at radius 1 is 1.00 bits per heavy atom. The number of carbonyl (C=O) groups excluding carboxylic acids is 2. The van der Waals surface area contributed by atoms with Crippen molar-refractivity contribution in [2.45, 2.75) is 13.5 Å². The van der Waals surface area contributed by atoms with E-state index in [4.69, 9.17) is 18.0 Å². The number of hydrogen-bond donors (Lipinski definition) is 0. The van der Waals surface area contributed by atoms with Crippen LogP contribution in [0.25, 0.3) is 23.2 Å². The largest absolute Gasteiger partial charge is 0.464 e. The van der Waals surface area contributed by atoms with Crippen molar-refractivity contribution >= 4 is 11.9 Å². The van der Waals surface area contributed by atoms with Gasteiger partial charge in [0.15, 0.2) is 23.7 Å². The SMILES string of the molecule is COC(=O)c1coc(-c2coc(-c3coc(COC(C)=O)n3)n2)n1. The second kappa shape index (κ2) is 6.36. The summed E-state index contributed by atoms with van der Waals surface area (Å²) in [6.45, 7) is 1.19. The van der Waals surface area contributed by atoms with Crippen LogP contribution in [0.1, 0.15) is 23.3 Å². The molecule has 0 fully saturated rings. The first kappa shape index (κ1) is 15.5. The van der Waals surface area contributed by atoms with Gasteiger partial charge in [0.25, 0.3) is 0 Å². The maximum absolute atomic E-state index is 11.4. The third-order valence-electron chi connectivity index (χ3n) is 2.79. The zero-order valence-corrected chi connectivity index (χ0v) is 12.6. The van der Waals surface area contributed by atoms with Gasteiger partial charge in [0.05, 0.1) is 7.11 Å². The number of ether oxygens (including phenoxy) is 2. The first-order valence-electron chi connectivity index (χ1n) is 6.64. The normalized spacial score (nSPS) is 10.6. The van der Waals surface area contributed by atoms with E-state index in [-0.39, 0.29) is 35.7 Å². The Kier molecular flexibility index (Phi) is 4.10. The number of aromatic nitrogens is 3. The Bertz CT molecular complexity index is 876. The van der Waals surface area contributed by atoms with Crippen molar-refractivity contribution in [2.75, 3.05) is 7.11 Å². The second-order valence-electron chi connectivity index (χ2n) is 4.47. The molecule has 0 aliphatic carbocycles. The van der Waals surface area contributed by atoms with Crippen molar-refractivity contribution in [3.8, 4) is 23.2 Å². The summed E-state index contributed by atoms with van der Waals surface area (Å²) >= 11 is 0. The van der Waals surface area contributed by atoms with Crippen LogP contribution in [-0.4, -0.2) is 34.0 Å². The smallest absolute Gasteiger partial charge is 0.360 e. The van der Waals surface area contributed by atoms with Crippen LogP contribution in [0.15, 0.2) is 32.0 Å². The summed E-state index contributed by atoms with van der Waals surface area (Å²) in [5.74, 6) is -0.627.